The van der Waals surface area contributed by atoms with Crippen molar-refractivity contribution in [1.29, 1.82) is 0 Å². The monoisotopic (exact) mass is 252 g/mol. The molecule has 0 radical (unpaired) electrons. The molecule has 0 aliphatic carbocycles. The molecule has 0 amide bonds. The molecule has 2 aromatic rings. The molecule has 1 atom stereocenters. The Balaban J connectivity index is 2.61. The third-order valence-electron chi connectivity index (χ3n) is 2.58. The topological polar surface area (TPSA) is 27.8 Å². The van der Waals surface area contributed by atoms with Gasteiger partial charge < -0.3 is 10.3 Å². The molecule has 0 bridgehead atoms. The zero-order valence-electron chi connectivity index (χ0n) is 8.26. The fourth-order valence-corrected chi connectivity index (χ4v) is 1.99. The van der Waals surface area contributed by atoms with Gasteiger partial charge in [-0.1, -0.05) is 15.9 Å². The first kappa shape index (κ1) is 9.74. The number of rotatable bonds is 2. The van der Waals surface area contributed by atoms with E-state index in [0.717, 1.165) is 4.47 Å². The third kappa shape index (κ3) is 1.57. The van der Waals surface area contributed by atoms with Gasteiger partial charge >= 0.3 is 0 Å². The van der Waals surface area contributed by atoms with Gasteiger partial charge in [-0.2, -0.15) is 0 Å². The zero-order valence-corrected chi connectivity index (χ0v) is 9.85. The van der Waals surface area contributed by atoms with Crippen molar-refractivity contribution in [2.45, 2.75) is 13.0 Å². The molecule has 2 nitrogen and oxygen atoms in total. The van der Waals surface area contributed by atoms with Gasteiger partial charge in [-0.25, -0.2) is 0 Å². The van der Waals surface area contributed by atoms with Crippen LogP contribution in [-0.4, -0.2) is 12.0 Å². The Hall–Kier alpha value is -0.800. The summed E-state index contributed by atoms with van der Waals surface area (Å²) in [5, 5.41) is 4.52. The van der Waals surface area contributed by atoms with Gasteiger partial charge in [0.15, 0.2) is 0 Å². The maximum atomic E-state index is 3.49. The number of halogens is 1. The highest BCUT2D eigenvalue weighted by atomic mass is 79.9. The van der Waals surface area contributed by atoms with Gasteiger partial charge in [0, 0.05) is 27.6 Å². The lowest BCUT2D eigenvalue weighted by Gasteiger charge is -2.08. The number of hydrogen-bond acceptors (Lipinski definition) is 1. The van der Waals surface area contributed by atoms with Gasteiger partial charge in [0.25, 0.3) is 0 Å². The summed E-state index contributed by atoms with van der Waals surface area (Å²) in [4.78, 5) is 3.27. The number of nitrogens with one attached hydrogen (secondary N) is 2. The van der Waals surface area contributed by atoms with Crippen LogP contribution in [0.4, 0.5) is 0 Å². The lowest BCUT2D eigenvalue weighted by molar-refractivity contribution is 0.657. The SMILES string of the molecule is CNC(C)c1c[nH]c2ccc(Br)cc12. The van der Waals surface area contributed by atoms with Crippen molar-refractivity contribution in [3.05, 3.63) is 34.4 Å². The van der Waals surface area contributed by atoms with Crippen LogP contribution in [-0.2, 0) is 0 Å². The van der Waals surface area contributed by atoms with Gasteiger partial charge in [0.05, 0.1) is 0 Å². The van der Waals surface area contributed by atoms with Crippen LogP contribution >= 0.6 is 15.9 Å². The maximum absolute atomic E-state index is 3.49. The molecule has 3 heteroatoms. The number of fused-ring (bicyclic) bond motifs is 1. The van der Waals surface area contributed by atoms with E-state index in [9.17, 15) is 0 Å². The van der Waals surface area contributed by atoms with E-state index >= 15 is 0 Å². The molecule has 0 spiro atoms. The molecule has 1 aromatic heterocycles. The first-order valence-corrected chi connectivity index (χ1v) is 5.45. The van der Waals surface area contributed by atoms with Gasteiger partial charge in [-0.15, -0.1) is 0 Å². The zero-order chi connectivity index (χ0) is 10.1. The summed E-state index contributed by atoms with van der Waals surface area (Å²) in [5.41, 5.74) is 2.49. The average molecular weight is 253 g/mol. The quantitative estimate of drug-likeness (QED) is 0.845. The summed E-state index contributed by atoms with van der Waals surface area (Å²) in [6.07, 6.45) is 2.07. The third-order valence-corrected chi connectivity index (χ3v) is 3.07. The van der Waals surface area contributed by atoms with Crippen LogP contribution in [0, 0.1) is 0 Å². The number of aromatic nitrogens is 1. The van der Waals surface area contributed by atoms with Gasteiger partial charge in [-0.05, 0) is 37.7 Å². The summed E-state index contributed by atoms with van der Waals surface area (Å²) in [6, 6.07) is 6.66. The first-order valence-electron chi connectivity index (χ1n) is 4.66. The Kier molecular flexibility index (Phi) is 2.61. The standard InChI is InChI=1S/C11H13BrN2/c1-7(13-2)10-6-14-11-4-3-8(12)5-9(10)11/h3-7,13-14H,1-2H3. The molecule has 0 saturated carbocycles. The Morgan fingerprint density at radius 3 is 2.93 bits per heavy atom. The molecule has 0 aliphatic rings. The highest BCUT2D eigenvalue weighted by Gasteiger charge is 2.08. The molecular formula is C11H13BrN2. The molecule has 1 unspecified atom stereocenters. The minimum Gasteiger partial charge on any atom is -0.361 e. The predicted octanol–water partition coefficient (Wildman–Crippen LogP) is 3.21. The van der Waals surface area contributed by atoms with E-state index in [4.69, 9.17) is 0 Å². The smallest absolute Gasteiger partial charge is 0.0458 e. The first-order chi connectivity index (χ1) is 6.72. The predicted molar refractivity (Wildman–Crippen MR) is 63.5 cm³/mol. The summed E-state index contributed by atoms with van der Waals surface area (Å²) in [7, 11) is 1.97. The Morgan fingerprint density at radius 2 is 2.21 bits per heavy atom. The number of aromatic amines is 1. The van der Waals surface area contributed by atoms with Crippen LogP contribution in [0.5, 0.6) is 0 Å². The van der Waals surface area contributed by atoms with Crippen molar-refractivity contribution < 1.29 is 0 Å². The van der Waals surface area contributed by atoms with E-state index in [2.05, 4.69) is 51.5 Å². The van der Waals surface area contributed by atoms with Crippen molar-refractivity contribution in [3.63, 3.8) is 0 Å². The highest BCUT2D eigenvalue weighted by molar-refractivity contribution is 9.10. The van der Waals surface area contributed by atoms with Crippen molar-refractivity contribution in [2.75, 3.05) is 7.05 Å². The van der Waals surface area contributed by atoms with E-state index in [1.165, 1.54) is 16.5 Å². The van der Waals surface area contributed by atoms with Crippen LogP contribution < -0.4 is 5.32 Å². The van der Waals surface area contributed by atoms with Crippen molar-refractivity contribution in [3.8, 4) is 0 Å². The second-order valence-corrected chi connectivity index (χ2v) is 4.36. The Bertz CT molecular complexity index is 447. The lowest BCUT2D eigenvalue weighted by Crippen LogP contribution is -2.11. The minimum absolute atomic E-state index is 0.373. The molecule has 1 aromatic carbocycles. The molecule has 2 rings (SSSR count). The number of benzene rings is 1. The van der Waals surface area contributed by atoms with E-state index in [1.807, 2.05) is 13.1 Å². The van der Waals surface area contributed by atoms with Crippen molar-refractivity contribution in [1.82, 2.24) is 10.3 Å². The van der Waals surface area contributed by atoms with E-state index in [-0.39, 0.29) is 0 Å². The van der Waals surface area contributed by atoms with Crippen LogP contribution in [0.15, 0.2) is 28.9 Å². The second kappa shape index (κ2) is 3.75. The van der Waals surface area contributed by atoms with Crippen LogP contribution in [0.3, 0.4) is 0 Å². The average Bonchev–Trinajstić information content (AvgIpc) is 2.59. The molecule has 14 heavy (non-hydrogen) atoms. The van der Waals surface area contributed by atoms with E-state index in [1.54, 1.807) is 0 Å². The maximum Gasteiger partial charge on any atom is 0.0458 e. The molecule has 0 fully saturated rings. The van der Waals surface area contributed by atoms with Crippen molar-refractivity contribution >= 4 is 26.8 Å². The second-order valence-electron chi connectivity index (χ2n) is 3.44. The number of H-pyrrole nitrogens is 1. The summed E-state index contributed by atoms with van der Waals surface area (Å²) in [6.45, 7) is 2.16. The normalized spacial score (nSPS) is 13.4. The van der Waals surface area contributed by atoms with Crippen LogP contribution in [0.1, 0.15) is 18.5 Å². The molecule has 0 aliphatic heterocycles. The Labute approximate surface area is 91.8 Å². The fraction of sp³-hybridized carbons (Fsp3) is 0.273. The van der Waals surface area contributed by atoms with Crippen LogP contribution in [0.2, 0.25) is 0 Å². The lowest BCUT2D eigenvalue weighted by atomic mass is 10.1. The molecular weight excluding hydrogens is 240 g/mol. The van der Waals surface area contributed by atoms with E-state index in [0.29, 0.717) is 6.04 Å². The Morgan fingerprint density at radius 1 is 1.43 bits per heavy atom. The van der Waals surface area contributed by atoms with Crippen LogP contribution in [0.25, 0.3) is 10.9 Å². The molecule has 2 N–H and O–H groups in total. The van der Waals surface area contributed by atoms with Crippen molar-refractivity contribution in [2.24, 2.45) is 0 Å². The summed E-state index contributed by atoms with van der Waals surface area (Å²) < 4.78 is 1.12. The minimum atomic E-state index is 0.373. The summed E-state index contributed by atoms with van der Waals surface area (Å²) >= 11 is 3.49. The van der Waals surface area contributed by atoms with Gasteiger partial charge in [0.2, 0.25) is 0 Å². The van der Waals surface area contributed by atoms with E-state index < -0.39 is 0 Å². The molecule has 1 heterocycles. The molecule has 0 saturated heterocycles. The summed E-state index contributed by atoms with van der Waals surface area (Å²) in [5.74, 6) is 0. The molecule has 74 valence electrons. The fourth-order valence-electron chi connectivity index (χ4n) is 1.63. The van der Waals surface area contributed by atoms with Gasteiger partial charge in [0.1, 0.15) is 0 Å². The van der Waals surface area contributed by atoms with Gasteiger partial charge in [-0.3, -0.25) is 0 Å². The largest absolute Gasteiger partial charge is 0.361 e. The highest BCUT2D eigenvalue weighted by Crippen LogP contribution is 2.26. The number of hydrogen-bond donors (Lipinski definition) is 2.